The molecule has 98 valence electrons. The molecule has 0 aromatic heterocycles. The van der Waals surface area contributed by atoms with Crippen molar-refractivity contribution in [3.05, 3.63) is 0 Å². The first kappa shape index (κ1) is 13.9. The minimum atomic E-state index is -0.560. The van der Waals surface area contributed by atoms with E-state index in [2.05, 4.69) is 10.7 Å². The molecule has 7 heteroatoms. The number of rotatable bonds is 7. The van der Waals surface area contributed by atoms with Gasteiger partial charge in [-0.05, 0) is 19.9 Å². The van der Waals surface area contributed by atoms with Crippen LogP contribution >= 0.6 is 0 Å². The summed E-state index contributed by atoms with van der Waals surface area (Å²) >= 11 is 0. The Balaban J connectivity index is 2.41. The molecule has 0 aromatic rings. The third-order valence-electron chi connectivity index (χ3n) is 2.64. The van der Waals surface area contributed by atoms with Crippen molar-refractivity contribution in [2.45, 2.75) is 24.9 Å². The highest BCUT2D eigenvalue weighted by Gasteiger charge is 2.27. The zero-order chi connectivity index (χ0) is 12.8. The monoisotopic (exact) mass is 244 g/mol. The van der Waals surface area contributed by atoms with Crippen LogP contribution in [0.2, 0.25) is 0 Å². The maximum atomic E-state index is 11.6. The SMILES string of the molecule is COCC(C(=O)NN)N(C)CC(=O)NC1CC1. The summed E-state index contributed by atoms with van der Waals surface area (Å²) in [6, 6.07) is -0.241. The van der Waals surface area contributed by atoms with E-state index in [1.54, 1.807) is 11.9 Å². The number of carbonyl (C=O) groups is 2. The quantitative estimate of drug-likeness (QED) is 0.279. The molecule has 1 atom stereocenters. The van der Waals surface area contributed by atoms with Crippen molar-refractivity contribution in [3.63, 3.8) is 0 Å². The van der Waals surface area contributed by atoms with Gasteiger partial charge in [0.2, 0.25) is 5.91 Å². The van der Waals surface area contributed by atoms with Gasteiger partial charge in [-0.3, -0.25) is 19.9 Å². The molecule has 1 aliphatic rings. The second kappa shape index (κ2) is 6.53. The van der Waals surface area contributed by atoms with Crippen molar-refractivity contribution in [1.82, 2.24) is 15.6 Å². The highest BCUT2D eigenvalue weighted by Crippen LogP contribution is 2.18. The Labute approximate surface area is 101 Å². The first-order chi connectivity index (χ1) is 8.08. The molecule has 0 bridgehead atoms. The van der Waals surface area contributed by atoms with Crippen molar-refractivity contribution < 1.29 is 14.3 Å². The highest BCUT2D eigenvalue weighted by molar-refractivity contribution is 5.83. The van der Waals surface area contributed by atoms with Gasteiger partial charge in [-0.25, -0.2) is 5.84 Å². The largest absolute Gasteiger partial charge is 0.383 e. The van der Waals surface area contributed by atoms with Gasteiger partial charge in [-0.15, -0.1) is 0 Å². The standard InChI is InChI=1S/C10H20N4O3/c1-14(5-9(15)12-7-3-4-7)8(6-17-2)10(16)13-11/h7-8H,3-6,11H2,1-2H3,(H,12,15)(H,13,16). The van der Waals surface area contributed by atoms with Crippen molar-refractivity contribution >= 4 is 11.8 Å². The first-order valence-electron chi connectivity index (χ1n) is 5.57. The van der Waals surface area contributed by atoms with Crippen LogP contribution in [0.3, 0.4) is 0 Å². The van der Waals surface area contributed by atoms with E-state index in [0.717, 1.165) is 12.8 Å². The third kappa shape index (κ3) is 4.68. The Bertz CT molecular complexity index is 281. The zero-order valence-electron chi connectivity index (χ0n) is 10.2. The maximum Gasteiger partial charge on any atom is 0.253 e. The molecule has 0 aliphatic heterocycles. The molecular formula is C10H20N4O3. The summed E-state index contributed by atoms with van der Waals surface area (Å²) in [5.41, 5.74) is 2.06. The molecule has 0 radical (unpaired) electrons. The van der Waals surface area contributed by atoms with E-state index >= 15 is 0 Å². The van der Waals surface area contributed by atoms with E-state index in [4.69, 9.17) is 10.6 Å². The number of hydrogen-bond donors (Lipinski definition) is 3. The Morgan fingerprint density at radius 3 is 2.65 bits per heavy atom. The lowest BCUT2D eigenvalue weighted by atomic mass is 10.2. The Hall–Kier alpha value is -1.18. The van der Waals surface area contributed by atoms with E-state index in [-0.39, 0.29) is 25.0 Å². The normalized spacial score (nSPS) is 16.7. The average molecular weight is 244 g/mol. The van der Waals surface area contributed by atoms with Crippen molar-refractivity contribution in [2.75, 3.05) is 27.3 Å². The molecule has 1 rings (SSSR count). The lowest BCUT2D eigenvalue weighted by Crippen LogP contribution is -2.52. The van der Waals surface area contributed by atoms with E-state index in [1.165, 1.54) is 7.11 Å². The summed E-state index contributed by atoms with van der Waals surface area (Å²) in [5, 5.41) is 2.85. The molecule has 0 heterocycles. The number of likely N-dealkylation sites (N-methyl/N-ethyl adjacent to an activating group) is 1. The summed E-state index contributed by atoms with van der Waals surface area (Å²) in [6.07, 6.45) is 2.08. The van der Waals surface area contributed by atoms with E-state index in [9.17, 15) is 9.59 Å². The fourth-order valence-electron chi connectivity index (χ4n) is 1.49. The van der Waals surface area contributed by atoms with Crippen LogP contribution in [0.1, 0.15) is 12.8 Å². The predicted molar refractivity (Wildman–Crippen MR) is 61.8 cm³/mol. The zero-order valence-corrected chi connectivity index (χ0v) is 10.2. The molecule has 2 amide bonds. The minimum Gasteiger partial charge on any atom is -0.383 e. The Morgan fingerprint density at radius 2 is 2.18 bits per heavy atom. The number of nitrogens with two attached hydrogens (primary N) is 1. The summed E-state index contributed by atoms with van der Waals surface area (Å²) < 4.78 is 4.93. The van der Waals surface area contributed by atoms with Crippen molar-refractivity contribution in [3.8, 4) is 0 Å². The number of nitrogens with zero attached hydrogens (tertiary/aromatic N) is 1. The number of ether oxygens (including phenoxy) is 1. The molecular weight excluding hydrogens is 224 g/mol. The fraction of sp³-hybridized carbons (Fsp3) is 0.800. The molecule has 1 saturated carbocycles. The van der Waals surface area contributed by atoms with Gasteiger partial charge >= 0.3 is 0 Å². The van der Waals surface area contributed by atoms with Gasteiger partial charge < -0.3 is 10.1 Å². The van der Waals surface area contributed by atoms with Crippen LogP contribution in [0.4, 0.5) is 0 Å². The molecule has 0 spiro atoms. The number of hydrazine groups is 1. The lowest BCUT2D eigenvalue weighted by molar-refractivity contribution is -0.130. The van der Waals surface area contributed by atoms with E-state index < -0.39 is 6.04 Å². The van der Waals surface area contributed by atoms with Gasteiger partial charge in [0, 0.05) is 13.2 Å². The number of carbonyl (C=O) groups excluding carboxylic acids is 2. The van der Waals surface area contributed by atoms with Crippen molar-refractivity contribution in [2.24, 2.45) is 5.84 Å². The number of nitrogens with one attached hydrogen (secondary N) is 2. The summed E-state index contributed by atoms with van der Waals surface area (Å²) in [5.74, 6) is 4.63. The molecule has 1 aliphatic carbocycles. The van der Waals surface area contributed by atoms with E-state index in [0.29, 0.717) is 6.04 Å². The van der Waals surface area contributed by atoms with Crippen LogP contribution in [-0.4, -0.2) is 56.1 Å². The summed E-state index contributed by atoms with van der Waals surface area (Å²) in [4.78, 5) is 24.7. The van der Waals surface area contributed by atoms with Crippen LogP contribution in [0.5, 0.6) is 0 Å². The second-order valence-electron chi connectivity index (χ2n) is 4.24. The molecule has 17 heavy (non-hydrogen) atoms. The molecule has 0 saturated heterocycles. The van der Waals surface area contributed by atoms with Crippen LogP contribution in [0, 0.1) is 0 Å². The summed E-state index contributed by atoms with van der Waals surface area (Å²) in [6.45, 7) is 0.341. The van der Waals surface area contributed by atoms with Gasteiger partial charge in [-0.2, -0.15) is 0 Å². The smallest absolute Gasteiger partial charge is 0.253 e. The van der Waals surface area contributed by atoms with Gasteiger partial charge in [0.1, 0.15) is 6.04 Å². The minimum absolute atomic E-state index is 0.0825. The van der Waals surface area contributed by atoms with Gasteiger partial charge in [-0.1, -0.05) is 0 Å². The lowest BCUT2D eigenvalue weighted by Gasteiger charge is -2.25. The van der Waals surface area contributed by atoms with Crippen molar-refractivity contribution in [1.29, 1.82) is 0 Å². The topological polar surface area (TPSA) is 96.7 Å². The first-order valence-corrected chi connectivity index (χ1v) is 5.57. The average Bonchev–Trinajstić information content (AvgIpc) is 3.08. The van der Waals surface area contributed by atoms with Gasteiger partial charge in [0.05, 0.1) is 13.2 Å². The molecule has 7 nitrogen and oxygen atoms in total. The van der Waals surface area contributed by atoms with Crippen LogP contribution in [0.25, 0.3) is 0 Å². The highest BCUT2D eigenvalue weighted by atomic mass is 16.5. The number of methoxy groups -OCH3 is 1. The van der Waals surface area contributed by atoms with Crippen LogP contribution in [0.15, 0.2) is 0 Å². The molecule has 4 N–H and O–H groups in total. The molecule has 1 fully saturated rings. The van der Waals surface area contributed by atoms with Gasteiger partial charge in [0.25, 0.3) is 5.91 Å². The van der Waals surface area contributed by atoms with E-state index in [1.807, 2.05) is 0 Å². The predicted octanol–water partition coefficient (Wildman–Crippen LogP) is -1.80. The van der Waals surface area contributed by atoms with Gasteiger partial charge in [0.15, 0.2) is 0 Å². The fourth-order valence-corrected chi connectivity index (χ4v) is 1.49. The third-order valence-corrected chi connectivity index (χ3v) is 2.64. The Kier molecular flexibility index (Phi) is 5.33. The molecule has 0 aromatic carbocycles. The van der Waals surface area contributed by atoms with Crippen LogP contribution < -0.4 is 16.6 Å². The number of hydrogen-bond acceptors (Lipinski definition) is 5. The maximum absolute atomic E-state index is 11.6. The number of amides is 2. The summed E-state index contributed by atoms with van der Waals surface area (Å²) in [7, 11) is 3.18. The second-order valence-corrected chi connectivity index (χ2v) is 4.24. The Morgan fingerprint density at radius 1 is 1.53 bits per heavy atom. The van der Waals surface area contributed by atoms with Crippen LogP contribution in [-0.2, 0) is 14.3 Å². The molecule has 1 unspecified atom stereocenters.